The maximum atomic E-state index is 12.1. The minimum absolute atomic E-state index is 0.298. The Kier molecular flexibility index (Phi) is 4.57. The second-order valence-corrected chi connectivity index (χ2v) is 5.33. The van der Waals surface area contributed by atoms with Crippen molar-refractivity contribution in [3.8, 4) is 0 Å². The van der Waals surface area contributed by atoms with Crippen molar-refractivity contribution in [3.63, 3.8) is 0 Å². The zero-order chi connectivity index (χ0) is 12.1. The molecule has 1 aromatic rings. The Bertz CT molecular complexity index is 350. The molecule has 94 valence electrons. The van der Waals surface area contributed by atoms with Gasteiger partial charge in [0.15, 0.2) is 0 Å². The van der Waals surface area contributed by atoms with E-state index in [1.54, 1.807) is 11.3 Å². The average Bonchev–Trinajstić information content (AvgIpc) is 2.99. The highest BCUT2D eigenvalue weighted by Crippen LogP contribution is 2.33. The predicted molar refractivity (Wildman–Crippen MR) is 70.9 cm³/mol. The summed E-state index contributed by atoms with van der Waals surface area (Å²) in [4.78, 5) is 14.2. The van der Waals surface area contributed by atoms with Gasteiger partial charge in [-0.2, -0.15) is 11.3 Å². The third-order valence-corrected chi connectivity index (χ3v) is 4.05. The lowest BCUT2D eigenvalue weighted by molar-refractivity contribution is -0.132. The summed E-state index contributed by atoms with van der Waals surface area (Å²) in [5.74, 6) is 0.298. The van der Waals surface area contributed by atoms with Gasteiger partial charge < -0.3 is 10.6 Å². The molecule has 17 heavy (non-hydrogen) atoms. The van der Waals surface area contributed by atoms with E-state index >= 15 is 0 Å². The van der Waals surface area contributed by atoms with E-state index in [-0.39, 0.29) is 0 Å². The second-order valence-electron chi connectivity index (χ2n) is 4.55. The van der Waals surface area contributed by atoms with Gasteiger partial charge in [-0.3, -0.25) is 4.79 Å². The SMILES string of the molecule is NCCCCC(=O)N1CCCC1c1ccsc1. The molecule has 1 fully saturated rings. The zero-order valence-corrected chi connectivity index (χ0v) is 10.9. The van der Waals surface area contributed by atoms with Crippen LogP contribution in [0.5, 0.6) is 0 Å². The summed E-state index contributed by atoms with van der Waals surface area (Å²) in [6, 6.07) is 2.47. The van der Waals surface area contributed by atoms with Gasteiger partial charge in [-0.25, -0.2) is 0 Å². The van der Waals surface area contributed by atoms with Crippen molar-refractivity contribution >= 4 is 17.2 Å². The Balaban J connectivity index is 1.93. The molecule has 0 aromatic carbocycles. The number of thiophene rings is 1. The lowest BCUT2D eigenvalue weighted by atomic mass is 10.1. The van der Waals surface area contributed by atoms with Crippen LogP contribution in [0.3, 0.4) is 0 Å². The fourth-order valence-corrected chi connectivity index (χ4v) is 3.15. The van der Waals surface area contributed by atoms with Crippen LogP contribution in [0.15, 0.2) is 16.8 Å². The molecule has 0 spiro atoms. The number of likely N-dealkylation sites (tertiary alicyclic amines) is 1. The number of carbonyl (C=O) groups is 1. The van der Waals surface area contributed by atoms with E-state index in [2.05, 4.69) is 21.7 Å². The number of nitrogens with zero attached hydrogens (tertiary/aromatic N) is 1. The van der Waals surface area contributed by atoms with Crippen molar-refractivity contribution in [1.82, 2.24) is 4.90 Å². The summed E-state index contributed by atoms with van der Waals surface area (Å²) < 4.78 is 0. The number of amides is 1. The molecule has 4 heteroatoms. The van der Waals surface area contributed by atoms with Gasteiger partial charge in [0.05, 0.1) is 6.04 Å². The van der Waals surface area contributed by atoms with E-state index in [1.807, 2.05) is 0 Å². The largest absolute Gasteiger partial charge is 0.336 e. The quantitative estimate of drug-likeness (QED) is 0.819. The Morgan fingerprint density at radius 2 is 2.41 bits per heavy atom. The van der Waals surface area contributed by atoms with Gasteiger partial charge in [-0.15, -0.1) is 0 Å². The molecule has 1 atom stereocenters. The summed E-state index contributed by atoms with van der Waals surface area (Å²) in [7, 11) is 0. The predicted octanol–water partition coefficient (Wildman–Crippen LogP) is 2.54. The molecular weight excluding hydrogens is 232 g/mol. The van der Waals surface area contributed by atoms with E-state index in [0.717, 1.165) is 32.2 Å². The maximum Gasteiger partial charge on any atom is 0.223 e. The number of carbonyl (C=O) groups excluding carboxylic acids is 1. The molecule has 2 heterocycles. The fraction of sp³-hybridized carbons (Fsp3) is 0.615. The number of rotatable bonds is 5. The summed E-state index contributed by atoms with van der Waals surface area (Å²) in [6.07, 6.45) is 4.76. The van der Waals surface area contributed by atoms with Crippen LogP contribution in [-0.2, 0) is 4.79 Å². The van der Waals surface area contributed by atoms with Crippen LogP contribution in [0.1, 0.15) is 43.7 Å². The molecule has 1 aliphatic rings. The zero-order valence-electron chi connectivity index (χ0n) is 10.1. The van der Waals surface area contributed by atoms with Gasteiger partial charge >= 0.3 is 0 Å². The van der Waals surface area contributed by atoms with E-state index in [4.69, 9.17) is 5.73 Å². The van der Waals surface area contributed by atoms with Crippen molar-refractivity contribution in [1.29, 1.82) is 0 Å². The lowest BCUT2D eigenvalue weighted by Crippen LogP contribution is -2.30. The Labute approximate surface area is 107 Å². The molecule has 0 saturated carbocycles. The van der Waals surface area contributed by atoms with Gasteiger partial charge in [0, 0.05) is 13.0 Å². The van der Waals surface area contributed by atoms with Crippen LogP contribution in [0.25, 0.3) is 0 Å². The molecule has 3 nitrogen and oxygen atoms in total. The van der Waals surface area contributed by atoms with Gasteiger partial charge in [0.1, 0.15) is 0 Å². The summed E-state index contributed by atoms with van der Waals surface area (Å²) in [6.45, 7) is 1.60. The van der Waals surface area contributed by atoms with Crippen LogP contribution < -0.4 is 5.73 Å². The molecule has 1 unspecified atom stereocenters. The molecule has 0 bridgehead atoms. The summed E-state index contributed by atoms with van der Waals surface area (Å²) in [5, 5.41) is 4.25. The van der Waals surface area contributed by atoms with E-state index < -0.39 is 0 Å². The minimum Gasteiger partial charge on any atom is -0.336 e. The molecule has 1 aromatic heterocycles. The highest BCUT2D eigenvalue weighted by atomic mass is 32.1. The van der Waals surface area contributed by atoms with Crippen molar-refractivity contribution < 1.29 is 4.79 Å². The van der Waals surface area contributed by atoms with Crippen LogP contribution in [0, 0.1) is 0 Å². The topological polar surface area (TPSA) is 46.3 Å². The van der Waals surface area contributed by atoms with Crippen molar-refractivity contribution in [2.75, 3.05) is 13.1 Å². The molecule has 0 radical (unpaired) electrons. The van der Waals surface area contributed by atoms with Crippen molar-refractivity contribution in [2.45, 2.75) is 38.1 Å². The first-order chi connectivity index (χ1) is 8.33. The molecular formula is C13H20N2OS. The highest BCUT2D eigenvalue weighted by molar-refractivity contribution is 7.07. The Morgan fingerprint density at radius 3 is 3.12 bits per heavy atom. The lowest BCUT2D eigenvalue weighted by Gasteiger charge is -2.24. The van der Waals surface area contributed by atoms with Gasteiger partial charge in [-0.05, 0) is 54.6 Å². The number of unbranched alkanes of at least 4 members (excludes halogenated alkanes) is 1. The van der Waals surface area contributed by atoms with E-state index in [9.17, 15) is 4.79 Å². The number of hydrogen-bond donors (Lipinski definition) is 1. The first-order valence-corrected chi connectivity index (χ1v) is 7.29. The fourth-order valence-electron chi connectivity index (χ4n) is 2.44. The first kappa shape index (κ1) is 12.6. The van der Waals surface area contributed by atoms with Crippen LogP contribution in [0.2, 0.25) is 0 Å². The molecule has 2 N–H and O–H groups in total. The molecule has 1 aliphatic heterocycles. The number of hydrogen-bond acceptors (Lipinski definition) is 3. The van der Waals surface area contributed by atoms with Gasteiger partial charge in [0.2, 0.25) is 5.91 Å². The monoisotopic (exact) mass is 252 g/mol. The van der Waals surface area contributed by atoms with Crippen LogP contribution >= 0.6 is 11.3 Å². The Hall–Kier alpha value is -0.870. The van der Waals surface area contributed by atoms with Gasteiger partial charge in [-0.1, -0.05) is 0 Å². The molecule has 2 rings (SSSR count). The summed E-state index contributed by atoms with van der Waals surface area (Å²) in [5.41, 5.74) is 6.75. The van der Waals surface area contributed by atoms with Gasteiger partial charge in [0.25, 0.3) is 0 Å². The van der Waals surface area contributed by atoms with E-state index in [0.29, 0.717) is 24.9 Å². The molecule has 0 aliphatic carbocycles. The highest BCUT2D eigenvalue weighted by Gasteiger charge is 2.29. The Morgan fingerprint density at radius 1 is 1.53 bits per heavy atom. The average molecular weight is 252 g/mol. The van der Waals surface area contributed by atoms with E-state index in [1.165, 1.54) is 5.56 Å². The normalized spacial score (nSPS) is 19.8. The summed E-state index contributed by atoms with van der Waals surface area (Å²) >= 11 is 1.71. The number of nitrogens with two attached hydrogens (primary N) is 1. The maximum absolute atomic E-state index is 12.1. The first-order valence-electron chi connectivity index (χ1n) is 6.34. The second kappa shape index (κ2) is 6.17. The minimum atomic E-state index is 0.298. The third-order valence-electron chi connectivity index (χ3n) is 3.35. The molecule has 1 saturated heterocycles. The standard InChI is InChI=1S/C13H20N2OS/c14-7-2-1-5-13(16)15-8-3-4-12(15)11-6-9-17-10-11/h6,9-10,12H,1-5,7-8,14H2. The molecule has 1 amide bonds. The van der Waals surface area contributed by atoms with Crippen molar-refractivity contribution in [2.24, 2.45) is 5.73 Å². The van der Waals surface area contributed by atoms with Crippen LogP contribution in [-0.4, -0.2) is 23.9 Å². The smallest absolute Gasteiger partial charge is 0.223 e. The van der Waals surface area contributed by atoms with Crippen molar-refractivity contribution in [3.05, 3.63) is 22.4 Å². The van der Waals surface area contributed by atoms with Crippen LogP contribution in [0.4, 0.5) is 0 Å². The third kappa shape index (κ3) is 3.07.